The molecule has 0 spiro atoms. The van der Waals surface area contributed by atoms with Crippen molar-refractivity contribution in [1.29, 1.82) is 0 Å². The van der Waals surface area contributed by atoms with Crippen LogP contribution in [0.2, 0.25) is 0 Å². The predicted octanol–water partition coefficient (Wildman–Crippen LogP) is 2.04. The SMILES string of the molecule is O=C(CCCOc1ccccc1)N(C[C@@H]1CCCO1)[C@@H]1CCS(=O)(=O)C1. The van der Waals surface area contributed by atoms with Gasteiger partial charge in [0, 0.05) is 25.6 Å². The van der Waals surface area contributed by atoms with Gasteiger partial charge in [0.1, 0.15) is 5.75 Å². The molecule has 26 heavy (non-hydrogen) atoms. The van der Waals surface area contributed by atoms with E-state index in [4.69, 9.17) is 9.47 Å². The Morgan fingerprint density at radius 1 is 1.23 bits per heavy atom. The van der Waals surface area contributed by atoms with Gasteiger partial charge in [-0.2, -0.15) is 0 Å². The molecule has 7 heteroatoms. The highest BCUT2D eigenvalue weighted by atomic mass is 32.2. The van der Waals surface area contributed by atoms with Crippen LogP contribution in [0.25, 0.3) is 0 Å². The number of para-hydroxylation sites is 1. The van der Waals surface area contributed by atoms with Gasteiger partial charge in [0.15, 0.2) is 9.84 Å². The molecule has 6 nitrogen and oxygen atoms in total. The second-order valence-corrected chi connectivity index (χ2v) is 9.23. The Morgan fingerprint density at radius 3 is 2.69 bits per heavy atom. The molecule has 144 valence electrons. The summed E-state index contributed by atoms with van der Waals surface area (Å²) in [6.45, 7) is 1.69. The average molecular weight is 381 g/mol. The molecule has 2 aliphatic rings. The fourth-order valence-electron chi connectivity index (χ4n) is 3.56. The lowest BCUT2D eigenvalue weighted by Gasteiger charge is -2.30. The summed E-state index contributed by atoms with van der Waals surface area (Å²) in [5, 5.41) is 0. The van der Waals surface area contributed by atoms with Crippen molar-refractivity contribution in [3.63, 3.8) is 0 Å². The van der Waals surface area contributed by atoms with E-state index >= 15 is 0 Å². The molecule has 0 N–H and O–H groups in total. The predicted molar refractivity (Wildman–Crippen MR) is 98.9 cm³/mol. The zero-order chi connectivity index (χ0) is 18.4. The molecule has 0 saturated carbocycles. The summed E-state index contributed by atoms with van der Waals surface area (Å²) in [6.07, 6.45) is 3.45. The number of carbonyl (C=O) groups excluding carboxylic acids is 1. The number of sulfone groups is 1. The maximum absolute atomic E-state index is 12.8. The van der Waals surface area contributed by atoms with Crippen LogP contribution in [0.15, 0.2) is 30.3 Å². The Morgan fingerprint density at radius 2 is 2.04 bits per heavy atom. The van der Waals surface area contributed by atoms with Crippen LogP contribution in [0.5, 0.6) is 5.75 Å². The molecule has 1 amide bonds. The molecule has 2 aliphatic heterocycles. The molecular formula is C19H27NO5S. The van der Waals surface area contributed by atoms with Crippen molar-refractivity contribution in [1.82, 2.24) is 4.90 Å². The van der Waals surface area contributed by atoms with Crippen molar-refractivity contribution in [2.45, 2.75) is 44.2 Å². The molecule has 1 aromatic carbocycles. The average Bonchev–Trinajstić information content (AvgIpc) is 3.26. The zero-order valence-electron chi connectivity index (χ0n) is 15.0. The van der Waals surface area contributed by atoms with Gasteiger partial charge in [0.25, 0.3) is 0 Å². The third-order valence-electron chi connectivity index (χ3n) is 4.94. The quantitative estimate of drug-likeness (QED) is 0.645. The molecule has 2 fully saturated rings. The number of hydrogen-bond acceptors (Lipinski definition) is 5. The smallest absolute Gasteiger partial charge is 0.223 e. The Labute approximate surface area is 155 Å². The van der Waals surface area contributed by atoms with E-state index in [-0.39, 0.29) is 29.6 Å². The van der Waals surface area contributed by atoms with Crippen molar-refractivity contribution in [2.24, 2.45) is 0 Å². The van der Waals surface area contributed by atoms with Gasteiger partial charge in [0.05, 0.1) is 24.2 Å². The van der Waals surface area contributed by atoms with Gasteiger partial charge in [-0.25, -0.2) is 8.42 Å². The van der Waals surface area contributed by atoms with Crippen LogP contribution in [0.1, 0.15) is 32.1 Å². The number of amides is 1. The molecule has 0 radical (unpaired) electrons. The standard InChI is InChI=1S/C19H27NO5S/c21-19(9-5-12-24-17-6-2-1-3-7-17)20(14-18-8-4-11-25-18)16-10-13-26(22,23)15-16/h1-3,6-7,16,18H,4-5,8-15H2/t16-,18+/m1/s1. The molecule has 2 atom stereocenters. The first kappa shape index (κ1) is 19.2. The highest BCUT2D eigenvalue weighted by Gasteiger charge is 2.36. The van der Waals surface area contributed by atoms with Crippen LogP contribution in [-0.2, 0) is 19.4 Å². The van der Waals surface area contributed by atoms with Gasteiger partial charge in [-0.1, -0.05) is 18.2 Å². The lowest BCUT2D eigenvalue weighted by Crippen LogP contribution is -2.45. The number of nitrogens with zero attached hydrogens (tertiary/aromatic N) is 1. The van der Waals surface area contributed by atoms with Gasteiger partial charge in [-0.3, -0.25) is 4.79 Å². The molecule has 0 aliphatic carbocycles. The number of rotatable bonds is 8. The maximum Gasteiger partial charge on any atom is 0.223 e. The highest BCUT2D eigenvalue weighted by molar-refractivity contribution is 7.91. The Hall–Kier alpha value is -1.60. The summed E-state index contributed by atoms with van der Waals surface area (Å²) in [6, 6.07) is 9.29. The molecule has 2 saturated heterocycles. The van der Waals surface area contributed by atoms with Crippen LogP contribution in [0, 0.1) is 0 Å². The van der Waals surface area contributed by atoms with Crippen LogP contribution in [0.3, 0.4) is 0 Å². The van der Waals surface area contributed by atoms with E-state index in [0.717, 1.165) is 25.2 Å². The van der Waals surface area contributed by atoms with Crippen LogP contribution >= 0.6 is 0 Å². The summed E-state index contributed by atoms with van der Waals surface area (Å²) in [5.41, 5.74) is 0. The lowest BCUT2D eigenvalue weighted by atomic mass is 10.1. The minimum absolute atomic E-state index is 0.000684. The van der Waals surface area contributed by atoms with Crippen LogP contribution < -0.4 is 4.74 Å². The largest absolute Gasteiger partial charge is 0.494 e. The van der Waals surface area contributed by atoms with Crippen LogP contribution in [0.4, 0.5) is 0 Å². The summed E-state index contributed by atoms with van der Waals surface area (Å²) < 4.78 is 35.0. The van der Waals surface area contributed by atoms with E-state index in [1.165, 1.54) is 0 Å². The van der Waals surface area contributed by atoms with Crippen molar-refractivity contribution in [2.75, 3.05) is 31.3 Å². The van der Waals surface area contributed by atoms with Gasteiger partial charge in [-0.15, -0.1) is 0 Å². The van der Waals surface area contributed by atoms with Gasteiger partial charge in [0.2, 0.25) is 5.91 Å². The molecule has 1 aromatic rings. The molecule has 0 aromatic heterocycles. The number of hydrogen-bond donors (Lipinski definition) is 0. The Bertz CT molecular complexity index is 685. The van der Waals surface area contributed by atoms with E-state index in [1.54, 1.807) is 4.90 Å². The molecule has 3 rings (SSSR count). The van der Waals surface area contributed by atoms with Crippen LogP contribution in [-0.4, -0.2) is 62.6 Å². The third-order valence-corrected chi connectivity index (χ3v) is 6.69. The summed E-state index contributed by atoms with van der Waals surface area (Å²) >= 11 is 0. The normalized spacial score (nSPS) is 24.5. The minimum Gasteiger partial charge on any atom is -0.494 e. The topological polar surface area (TPSA) is 72.9 Å². The van der Waals surface area contributed by atoms with E-state index in [9.17, 15) is 13.2 Å². The first-order valence-electron chi connectivity index (χ1n) is 9.33. The maximum atomic E-state index is 12.8. The second kappa shape index (κ2) is 8.86. The van der Waals surface area contributed by atoms with Gasteiger partial charge >= 0.3 is 0 Å². The fourth-order valence-corrected chi connectivity index (χ4v) is 5.29. The van der Waals surface area contributed by atoms with Crippen molar-refractivity contribution < 1.29 is 22.7 Å². The van der Waals surface area contributed by atoms with Crippen molar-refractivity contribution >= 4 is 15.7 Å². The monoisotopic (exact) mass is 381 g/mol. The van der Waals surface area contributed by atoms with E-state index in [2.05, 4.69) is 0 Å². The first-order valence-corrected chi connectivity index (χ1v) is 11.1. The van der Waals surface area contributed by atoms with Gasteiger partial charge in [-0.05, 0) is 37.8 Å². The first-order chi connectivity index (χ1) is 12.5. The lowest BCUT2D eigenvalue weighted by molar-refractivity contribution is -0.135. The highest BCUT2D eigenvalue weighted by Crippen LogP contribution is 2.22. The molecular weight excluding hydrogens is 354 g/mol. The Kier molecular flexibility index (Phi) is 6.53. The summed E-state index contributed by atoms with van der Waals surface area (Å²) in [5.74, 6) is 1.04. The second-order valence-electron chi connectivity index (χ2n) is 7.00. The fraction of sp³-hybridized carbons (Fsp3) is 0.632. The van der Waals surface area contributed by atoms with Gasteiger partial charge < -0.3 is 14.4 Å². The third kappa shape index (κ3) is 5.45. The summed E-state index contributed by atoms with van der Waals surface area (Å²) in [4.78, 5) is 14.5. The number of benzene rings is 1. The van der Waals surface area contributed by atoms with E-state index < -0.39 is 9.84 Å². The van der Waals surface area contributed by atoms with Crippen molar-refractivity contribution in [3.05, 3.63) is 30.3 Å². The summed E-state index contributed by atoms with van der Waals surface area (Å²) in [7, 11) is -3.03. The Balaban J connectivity index is 1.52. The molecule has 0 bridgehead atoms. The molecule has 2 heterocycles. The molecule has 0 unspecified atom stereocenters. The van der Waals surface area contributed by atoms with E-state index in [1.807, 2.05) is 30.3 Å². The zero-order valence-corrected chi connectivity index (χ0v) is 15.8. The van der Waals surface area contributed by atoms with E-state index in [0.29, 0.717) is 32.4 Å². The van der Waals surface area contributed by atoms with Crippen molar-refractivity contribution in [3.8, 4) is 5.75 Å². The number of ether oxygens (including phenoxy) is 2. The number of carbonyl (C=O) groups is 1. The minimum atomic E-state index is -3.03.